The third-order valence-electron chi connectivity index (χ3n) is 9.76. The Kier molecular flexibility index (Phi) is 8.39. The molecule has 4 atom stereocenters. The number of rotatable bonds is 6. The number of aryl methyl sites for hydroxylation is 2. The van der Waals surface area contributed by atoms with Gasteiger partial charge >= 0.3 is 0 Å². The zero-order valence-electron chi connectivity index (χ0n) is 27.2. The van der Waals surface area contributed by atoms with Crippen LogP contribution < -0.4 is 10.6 Å². The molecule has 2 aliphatic rings. The maximum atomic E-state index is 15.4. The van der Waals surface area contributed by atoms with Gasteiger partial charge < -0.3 is 0 Å². The summed E-state index contributed by atoms with van der Waals surface area (Å²) >= 11 is 13.0. The lowest BCUT2D eigenvalue weighted by Crippen LogP contribution is -2.31. The number of carbonyl (C=O) groups excluding carboxylic acids is 1. The van der Waals surface area contributed by atoms with Crippen molar-refractivity contribution < 1.29 is 13.6 Å². The van der Waals surface area contributed by atoms with Crippen LogP contribution in [-0.4, -0.2) is 24.9 Å². The molecule has 0 spiro atoms. The molecule has 6 aromatic rings. The summed E-state index contributed by atoms with van der Waals surface area (Å²) in [4.78, 5) is 23.6. The predicted molar refractivity (Wildman–Crippen MR) is 189 cm³/mol. The third-order valence-corrected chi connectivity index (χ3v) is 10.2. The minimum absolute atomic E-state index is 0.0663. The number of ketones is 1. The summed E-state index contributed by atoms with van der Waals surface area (Å²) in [6.07, 6.45) is 3.68. The summed E-state index contributed by atoms with van der Waals surface area (Å²) in [5, 5.41) is 8.24. The SMILES string of the molecule is Cc1ncc2n1-c1ccc(Cl)cc1C(c1ccccc1F)NC2CC(=O)CC1NC(c2ccccc2F)c2cc(Cl)ccc2-n2c1cnc2C. The molecule has 2 aromatic heterocycles. The van der Waals surface area contributed by atoms with E-state index in [-0.39, 0.29) is 30.3 Å². The lowest BCUT2D eigenvalue weighted by Gasteiger charge is -2.26. The summed E-state index contributed by atoms with van der Waals surface area (Å²) < 4.78 is 34.9. The highest BCUT2D eigenvalue weighted by molar-refractivity contribution is 6.31. The molecule has 0 amide bonds. The van der Waals surface area contributed by atoms with Crippen LogP contribution in [0.4, 0.5) is 8.78 Å². The topological polar surface area (TPSA) is 76.8 Å². The second kappa shape index (κ2) is 12.9. The third kappa shape index (κ3) is 5.64. The first-order chi connectivity index (χ1) is 24.2. The van der Waals surface area contributed by atoms with E-state index in [0.29, 0.717) is 21.2 Å². The number of hydrogen-bond donors (Lipinski definition) is 2. The first-order valence-corrected chi connectivity index (χ1v) is 17.1. The van der Waals surface area contributed by atoms with Gasteiger partial charge in [-0.25, -0.2) is 18.7 Å². The molecule has 4 aromatic carbocycles. The Bertz CT molecular complexity index is 2130. The number of Topliss-reactive ketones (excluding diaryl/α,β-unsaturated/α-hetero) is 1. The molecule has 50 heavy (non-hydrogen) atoms. The zero-order chi connectivity index (χ0) is 34.7. The number of imidazole rings is 2. The minimum Gasteiger partial charge on any atom is -0.300 e. The smallest absolute Gasteiger partial charge is 0.136 e. The van der Waals surface area contributed by atoms with Gasteiger partial charge in [0.25, 0.3) is 0 Å². The average molecular weight is 710 g/mol. The number of fused-ring (bicyclic) bond motifs is 6. The Morgan fingerprint density at radius 2 is 1.08 bits per heavy atom. The molecule has 11 heteroatoms. The summed E-state index contributed by atoms with van der Waals surface area (Å²) in [5.74, 6) is 0.653. The fourth-order valence-electron chi connectivity index (χ4n) is 7.51. The molecule has 0 saturated carbocycles. The molecule has 8 rings (SSSR count). The number of aromatic nitrogens is 4. The molecule has 4 unspecified atom stereocenters. The van der Waals surface area contributed by atoms with Crippen molar-refractivity contribution in [2.75, 3.05) is 0 Å². The number of nitrogens with zero attached hydrogens (tertiary/aromatic N) is 4. The van der Waals surface area contributed by atoms with Crippen molar-refractivity contribution in [1.82, 2.24) is 29.7 Å². The van der Waals surface area contributed by atoms with Crippen LogP contribution in [0.15, 0.2) is 97.3 Å². The fourth-order valence-corrected chi connectivity index (χ4v) is 7.88. The monoisotopic (exact) mass is 708 g/mol. The maximum Gasteiger partial charge on any atom is 0.136 e. The predicted octanol–water partition coefficient (Wildman–Crippen LogP) is 8.78. The number of nitrogens with one attached hydrogen (secondary N) is 2. The molecule has 0 bridgehead atoms. The van der Waals surface area contributed by atoms with Crippen molar-refractivity contribution in [3.63, 3.8) is 0 Å². The molecular weight excluding hydrogens is 677 g/mol. The van der Waals surface area contributed by atoms with Gasteiger partial charge in [0.1, 0.15) is 29.1 Å². The summed E-state index contributed by atoms with van der Waals surface area (Å²) in [6.45, 7) is 3.80. The van der Waals surface area contributed by atoms with E-state index in [1.54, 1.807) is 60.9 Å². The fraction of sp³-hybridized carbons (Fsp3) is 0.205. The second-order valence-corrected chi connectivity index (χ2v) is 13.7. The Labute approximate surface area is 297 Å². The molecular formula is C39H32Cl2F2N6O. The van der Waals surface area contributed by atoms with Gasteiger partial charge in [0.05, 0.1) is 59.3 Å². The van der Waals surface area contributed by atoms with Crippen molar-refractivity contribution in [2.24, 2.45) is 0 Å². The van der Waals surface area contributed by atoms with Crippen LogP contribution in [-0.2, 0) is 4.79 Å². The Hall–Kier alpha value is -4.67. The molecule has 4 heterocycles. The number of hydrogen-bond acceptors (Lipinski definition) is 5. The van der Waals surface area contributed by atoms with Crippen LogP contribution >= 0.6 is 23.2 Å². The Morgan fingerprint density at radius 1 is 0.660 bits per heavy atom. The highest BCUT2D eigenvalue weighted by atomic mass is 35.5. The van der Waals surface area contributed by atoms with Gasteiger partial charge in [-0.1, -0.05) is 59.6 Å². The quantitative estimate of drug-likeness (QED) is 0.181. The lowest BCUT2D eigenvalue weighted by molar-refractivity contribution is -0.120. The Balaban J connectivity index is 1.18. The van der Waals surface area contributed by atoms with E-state index < -0.39 is 24.2 Å². The van der Waals surface area contributed by atoms with Gasteiger partial charge in [0.15, 0.2) is 0 Å². The van der Waals surface area contributed by atoms with Gasteiger partial charge in [-0.3, -0.25) is 24.6 Å². The van der Waals surface area contributed by atoms with Crippen LogP contribution in [0.5, 0.6) is 0 Å². The molecule has 0 fully saturated rings. The van der Waals surface area contributed by atoms with Gasteiger partial charge in [-0.05, 0) is 73.5 Å². The van der Waals surface area contributed by atoms with E-state index in [2.05, 4.69) is 20.6 Å². The van der Waals surface area contributed by atoms with E-state index in [9.17, 15) is 4.79 Å². The van der Waals surface area contributed by atoms with Crippen LogP contribution in [0.2, 0.25) is 10.0 Å². The van der Waals surface area contributed by atoms with Gasteiger partial charge in [0.2, 0.25) is 0 Å². The van der Waals surface area contributed by atoms with Crippen LogP contribution in [0.3, 0.4) is 0 Å². The normalized spacial score (nSPS) is 19.5. The first kappa shape index (κ1) is 32.5. The molecule has 0 radical (unpaired) electrons. The van der Waals surface area contributed by atoms with Crippen LogP contribution in [0.25, 0.3) is 11.4 Å². The van der Waals surface area contributed by atoms with E-state index in [1.807, 2.05) is 47.2 Å². The van der Waals surface area contributed by atoms with Crippen molar-refractivity contribution >= 4 is 29.0 Å². The summed E-state index contributed by atoms with van der Waals surface area (Å²) in [5.41, 5.74) is 5.60. The summed E-state index contributed by atoms with van der Waals surface area (Å²) in [7, 11) is 0. The maximum absolute atomic E-state index is 15.4. The molecule has 0 saturated heterocycles. The highest BCUT2D eigenvalue weighted by Gasteiger charge is 2.36. The first-order valence-electron chi connectivity index (χ1n) is 16.4. The van der Waals surface area contributed by atoms with E-state index in [4.69, 9.17) is 23.2 Å². The standard InChI is InChI=1S/C39H32Cl2F2N6O/c1-21-44-19-36-32(46-38(26-7-3-5-9-30(26)42)28-15-23(40)11-13-34(28)48(21)36)17-25(50)18-33-37-20-45-22(2)49(37)35-14-12-24(41)16-29(35)39(47-33)27-8-4-6-10-31(27)43/h3-16,19-20,32-33,38-39,46-47H,17-18H2,1-2H3. The number of halogens is 4. The van der Waals surface area contributed by atoms with E-state index >= 15 is 8.78 Å². The Morgan fingerprint density at radius 3 is 1.50 bits per heavy atom. The van der Waals surface area contributed by atoms with Crippen LogP contribution in [0, 0.1) is 25.5 Å². The van der Waals surface area contributed by atoms with E-state index in [0.717, 1.165) is 45.5 Å². The molecule has 0 aliphatic carbocycles. The number of carbonyl (C=O) groups is 1. The van der Waals surface area contributed by atoms with Crippen molar-refractivity contribution in [2.45, 2.75) is 50.9 Å². The van der Waals surface area contributed by atoms with Crippen molar-refractivity contribution in [1.29, 1.82) is 0 Å². The molecule has 2 aliphatic heterocycles. The largest absolute Gasteiger partial charge is 0.300 e. The number of benzene rings is 4. The van der Waals surface area contributed by atoms with Crippen molar-refractivity contribution in [3.05, 3.63) is 164 Å². The molecule has 252 valence electrons. The molecule has 7 nitrogen and oxygen atoms in total. The zero-order valence-corrected chi connectivity index (χ0v) is 28.7. The van der Waals surface area contributed by atoms with Gasteiger partial charge in [-0.15, -0.1) is 0 Å². The highest BCUT2D eigenvalue weighted by Crippen LogP contribution is 2.41. The second-order valence-electron chi connectivity index (χ2n) is 12.8. The molecule has 2 N–H and O–H groups in total. The average Bonchev–Trinajstić information content (AvgIpc) is 3.60. The van der Waals surface area contributed by atoms with Crippen LogP contribution in [0.1, 0.15) is 82.3 Å². The van der Waals surface area contributed by atoms with Gasteiger partial charge in [-0.2, -0.15) is 0 Å². The lowest BCUT2D eigenvalue weighted by atomic mass is 9.94. The summed E-state index contributed by atoms with van der Waals surface area (Å²) in [6, 6.07) is 22.0. The minimum atomic E-state index is -0.605. The van der Waals surface area contributed by atoms with Crippen molar-refractivity contribution in [3.8, 4) is 11.4 Å². The van der Waals surface area contributed by atoms with E-state index in [1.165, 1.54) is 12.1 Å². The van der Waals surface area contributed by atoms with Gasteiger partial charge in [0, 0.05) is 34.0 Å².